The predicted octanol–water partition coefficient (Wildman–Crippen LogP) is 2.58. The normalized spacial score (nSPS) is 10.3. The van der Waals surface area contributed by atoms with Crippen LogP contribution < -0.4 is 5.32 Å². The van der Waals surface area contributed by atoms with Gasteiger partial charge in [0.1, 0.15) is 11.5 Å². The summed E-state index contributed by atoms with van der Waals surface area (Å²) in [4.78, 5) is 17.6. The lowest BCUT2D eigenvalue weighted by Crippen LogP contribution is -2.07. The van der Waals surface area contributed by atoms with Crippen LogP contribution >= 0.6 is 0 Å². The molecule has 0 spiro atoms. The van der Waals surface area contributed by atoms with E-state index in [1.54, 1.807) is 13.0 Å². The molecular weight excluding hydrogens is 270 g/mol. The van der Waals surface area contributed by atoms with Gasteiger partial charge < -0.3 is 5.32 Å². The molecule has 1 heterocycles. The maximum Gasteiger partial charge on any atom is 0.275 e. The molecule has 0 aliphatic rings. The lowest BCUT2D eigenvalue weighted by molar-refractivity contribution is -0.385. The van der Waals surface area contributed by atoms with E-state index >= 15 is 0 Å². The van der Waals surface area contributed by atoms with E-state index in [1.165, 1.54) is 6.20 Å². The van der Waals surface area contributed by atoms with Crippen LogP contribution in [0.1, 0.15) is 11.5 Å². The van der Waals surface area contributed by atoms with Crippen LogP contribution in [0.3, 0.4) is 0 Å². The van der Waals surface area contributed by atoms with Crippen LogP contribution in [-0.4, -0.2) is 14.9 Å². The van der Waals surface area contributed by atoms with Gasteiger partial charge in [-0.05, 0) is 13.0 Å². The summed E-state index contributed by atoms with van der Waals surface area (Å²) in [6, 6.07) is 2.93. The number of nitro groups is 1. The van der Waals surface area contributed by atoms with Crippen LogP contribution in [0, 0.1) is 28.7 Å². The largest absolute Gasteiger partial charge is 0.375 e. The second-order valence-electron chi connectivity index (χ2n) is 3.99. The Morgan fingerprint density at radius 2 is 2.00 bits per heavy atom. The van der Waals surface area contributed by atoms with Gasteiger partial charge in [0.25, 0.3) is 5.69 Å². The van der Waals surface area contributed by atoms with Crippen molar-refractivity contribution in [3.05, 3.63) is 57.7 Å². The topological polar surface area (TPSA) is 81.0 Å². The lowest BCUT2D eigenvalue weighted by Gasteiger charge is -2.08. The standard InChI is InChI=1S/C12H10F2N4O2/c1-7-15-3-2-8(17-7)6-16-12-10(13)4-9(18(19)20)5-11(12)14/h2-5,16H,6H2,1H3. The Bertz CT molecular complexity index is 641. The number of aryl methyl sites for hydroxylation is 1. The Labute approximate surface area is 112 Å². The van der Waals surface area contributed by atoms with Gasteiger partial charge in [0.15, 0.2) is 11.6 Å². The van der Waals surface area contributed by atoms with Crippen molar-refractivity contribution in [2.75, 3.05) is 5.32 Å². The highest BCUT2D eigenvalue weighted by atomic mass is 19.1. The molecule has 0 bridgehead atoms. The molecule has 0 amide bonds. The molecule has 0 fully saturated rings. The highest BCUT2D eigenvalue weighted by Crippen LogP contribution is 2.25. The van der Waals surface area contributed by atoms with Crippen LogP contribution in [0.15, 0.2) is 24.4 Å². The quantitative estimate of drug-likeness (QED) is 0.687. The molecular formula is C12H10F2N4O2. The zero-order chi connectivity index (χ0) is 14.7. The lowest BCUT2D eigenvalue weighted by atomic mass is 10.2. The van der Waals surface area contributed by atoms with Gasteiger partial charge in [-0.1, -0.05) is 0 Å². The number of hydrogen-bond donors (Lipinski definition) is 1. The van der Waals surface area contributed by atoms with Gasteiger partial charge >= 0.3 is 0 Å². The van der Waals surface area contributed by atoms with Crippen LogP contribution in [0.4, 0.5) is 20.2 Å². The van der Waals surface area contributed by atoms with Crippen LogP contribution in [-0.2, 0) is 6.54 Å². The molecule has 0 aliphatic heterocycles. The zero-order valence-corrected chi connectivity index (χ0v) is 10.4. The smallest absolute Gasteiger partial charge is 0.275 e. The number of nitro benzene ring substituents is 1. The highest BCUT2D eigenvalue weighted by molar-refractivity contribution is 5.51. The molecule has 0 atom stereocenters. The Balaban J connectivity index is 2.20. The van der Waals surface area contributed by atoms with Crippen LogP contribution in [0.25, 0.3) is 0 Å². The summed E-state index contributed by atoms with van der Waals surface area (Å²) in [5.41, 5.74) is -0.509. The Hall–Kier alpha value is -2.64. The molecule has 0 saturated carbocycles. The van der Waals surface area contributed by atoms with E-state index < -0.39 is 27.9 Å². The molecule has 0 aliphatic carbocycles. The van der Waals surface area contributed by atoms with Gasteiger partial charge in [-0.2, -0.15) is 0 Å². The average Bonchev–Trinajstić information content (AvgIpc) is 2.37. The first-order valence-electron chi connectivity index (χ1n) is 5.63. The SMILES string of the molecule is Cc1nccc(CNc2c(F)cc([N+](=O)[O-])cc2F)n1. The number of non-ortho nitro benzene ring substituents is 1. The first kappa shape index (κ1) is 13.8. The number of hydrogen-bond acceptors (Lipinski definition) is 5. The Morgan fingerprint density at radius 1 is 1.35 bits per heavy atom. The molecule has 8 heteroatoms. The van der Waals surface area contributed by atoms with Crippen molar-refractivity contribution >= 4 is 11.4 Å². The van der Waals surface area contributed by atoms with Crippen molar-refractivity contribution in [3.8, 4) is 0 Å². The van der Waals surface area contributed by atoms with E-state index in [9.17, 15) is 18.9 Å². The van der Waals surface area contributed by atoms with E-state index in [4.69, 9.17) is 0 Å². The third-order valence-electron chi connectivity index (χ3n) is 2.52. The Morgan fingerprint density at radius 3 is 2.55 bits per heavy atom. The zero-order valence-electron chi connectivity index (χ0n) is 10.4. The maximum atomic E-state index is 13.6. The fourth-order valence-electron chi connectivity index (χ4n) is 1.62. The van der Waals surface area contributed by atoms with Crippen molar-refractivity contribution in [2.45, 2.75) is 13.5 Å². The highest BCUT2D eigenvalue weighted by Gasteiger charge is 2.16. The van der Waals surface area contributed by atoms with Crippen molar-refractivity contribution < 1.29 is 13.7 Å². The number of nitrogens with zero attached hydrogens (tertiary/aromatic N) is 3. The summed E-state index contributed by atoms with van der Waals surface area (Å²) < 4.78 is 27.2. The summed E-state index contributed by atoms with van der Waals surface area (Å²) in [5, 5.41) is 13.0. The van der Waals surface area contributed by atoms with E-state index in [1.807, 2.05) is 0 Å². The fraction of sp³-hybridized carbons (Fsp3) is 0.167. The van der Waals surface area contributed by atoms with Crippen molar-refractivity contribution in [2.24, 2.45) is 0 Å². The average molecular weight is 280 g/mol. The van der Waals surface area contributed by atoms with Crippen molar-refractivity contribution in [3.63, 3.8) is 0 Å². The predicted molar refractivity (Wildman–Crippen MR) is 67.1 cm³/mol. The first-order chi connectivity index (χ1) is 9.47. The van der Waals surface area contributed by atoms with E-state index in [0.717, 1.165) is 0 Å². The summed E-state index contributed by atoms with van der Waals surface area (Å²) in [6.07, 6.45) is 1.53. The van der Waals surface area contributed by atoms with Gasteiger partial charge in [-0.15, -0.1) is 0 Å². The second kappa shape index (κ2) is 5.55. The summed E-state index contributed by atoms with van der Waals surface area (Å²) in [7, 11) is 0. The minimum Gasteiger partial charge on any atom is -0.375 e. The minimum atomic E-state index is -1.03. The molecule has 104 valence electrons. The number of aromatic nitrogens is 2. The van der Waals surface area contributed by atoms with Gasteiger partial charge in [-0.25, -0.2) is 18.7 Å². The second-order valence-corrected chi connectivity index (χ2v) is 3.99. The summed E-state index contributed by atoms with van der Waals surface area (Å²) in [6.45, 7) is 1.77. The van der Waals surface area contributed by atoms with E-state index in [-0.39, 0.29) is 6.54 Å². The third-order valence-corrected chi connectivity index (χ3v) is 2.52. The summed E-state index contributed by atoms with van der Waals surface area (Å²) >= 11 is 0. The van der Waals surface area contributed by atoms with Crippen LogP contribution in [0.5, 0.6) is 0 Å². The molecule has 2 rings (SSSR count). The van der Waals surface area contributed by atoms with Crippen molar-refractivity contribution in [1.82, 2.24) is 9.97 Å². The molecule has 0 unspecified atom stereocenters. The van der Waals surface area contributed by atoms with E-state index in [0.29, 0.717) is 23.7 Å². The van der Waals surface area contributed by atoms with Crippen molar-refractivity contribution in [1.29, 1.82) is 0 Å². The number of halogens is 2. The molecule has 1 aromatic carbocycles. The minimum absolute atomic E-state index is 0.0784. The van der Waals surface area contributed by atoms with Crippen LogP contribution in [0.2, 0.25) is 0 Å². The Kier molecular flexibility index (Phi) is 3.83. The van der Waals surface area contributed by atoms with E-state index in [2.05, 4.69) is 15.3 Å². The monoisotopic (exact) mass is 280 g/mol. The molecule has 20 heavy (non-hydrogen) atoms. The first-order valence-corrected chi connectivity index (χ1v) is 5.63. The number of benzene rings is 1. The van der Waals surface area contributed by atoms with Gasteiger partial charge in [0.2, 0.25) is 0 Å². The van der Waals surface area contributed by atoms with Gasteiger partial charge in [0, 0.05) is 6.20 Å². The summed E-state index contributed by atoms with van der Waals surface area (Å²) in [5.74, 6) is -1.51. The number of nitrogens with one attached hydrogen (secondary N) is 1. The number of rotatable bonds is 4. The van der Waals surface area contributed by atoms with Gasteiger partial charge in [-0.3, -0.25) is 10.1 Å². The fourth-order valence-corrected chi connectivity index (χ4v) is 1.62. The molecule has 1 aromatic heterocycles. The molecule has 0 radical (unpaired) electrons. The molecule has 2 aromatic rings. The maximum absolute atomic E-state index is 13.6. The number of anilines is 1. The molecule has 1 N–H and O–H groups in total. The molecule has 6 nitrogen and oxygen atoms in total. The van der Waals surface area contributed by atoms with Gasteiger partial charge in [0.05, 0.1) is 29.3 Å². The third kappa shape index (κ3) is 3.02. The molecule has 0 saturated heterocycles.